The van der Waals surface area contributed by atoms with E-state index >= 15 is 0 Å². The Morgan fingerprint density at radius 1 is 1.03 bits per heavy atom. The number of ether oxygens (including phenoxy) is 3. The molecule has 0 saturated heterocycles. The first-order valence-corrected chi connectivity index (χ1v) is 11.6. The fourth-order valence-electron chi connectivity index (χ4n) is 2.93. The maximum atomic E-state index is 12.8. The lowest BCUT2D eigenvalue weighted by Gasteiger charge is -2.09. The molecule has 1 aromatic heterocycles. The molecule has 0 spiro atoms. The van der Waals surface area contributed by atoms with E-state index in [0.717, 1.165) is 16.5 Å². The number of hydrogen-bond donors (Lipinski definition) is 0. The van der Waals surface area contributed by atoms with Gasteiger partial charge < -0.3 is 18.8 Å². The summed E-state index contributed by atoms with van der Waals surface area (Å²) in [5.41, 5.74) is 1.05. The zero-order valence-electron chi connectivity index (χ0n) is 17.0. The minimum atomic E-state index is -3.34. The summed E-state index contributed by atoms with van der Waals surface area (Å²) < 4.78 is 42.1. The zero-order valence-corrected chi connectivity index (χ0v) is 18.7. The van der Waals surface area contributed by atoms with Crippen molar-refractivity contribution in [3.05, 3.63) is 46.8 Å². The van der Waals surface area contributed by atoms with Gasteiger partial charge in [0.1, 0.15) is 21.7 Å². The number of sulfone groups is 1. The van der Waals surface area contributed by atoms with Gasteiger partial charge in [0.05, 0.1) is 25.7 Å². The van der Waals surface area contributed by atoms with E-state index in [1.807, 2.05) is 4.57 Å². The van der Waals surface area contributed by atoms with Crippen molar-refractivity contribution in [1.29, 1.82) is 0 Å². The molecule has 3 rings (SSSR count). The van der Waals surface area contributed by atoms with Gasteiger partial charge in [0.2, 0.25) is 0 Å². The first-order chi connectivity index (χ1) is 14.3. The highest BCUT2D eigenvalue weighted by atomic mass is 32.2. The third-order valence-electron chi connectivity index (χ3n) is 4.44. The lowest BCUT2D eigenvalue weighted by atomic mass is 10.2. The highest BCUT2D eigenvalue weighted by Crippen LogP contribution is 2.35. The third-order valence-corrected chi connectivity index (χ3v) is 6.66. The fraction of sp³-hybridized carbons (Fsp3) is 0.300. The van der Waals surface area contributed by atoms with Crippen LogP contribution in [0, 0.1) is 0 Å². The van der Waals surface area contributed by atoms with Crippen LogP contribution >= 0.6 is 11.3 Å². The molecule has 0 radical (unpaired) electrons. The molecule has 3 aromatic rings. The smallest absolute Gasteiger partial charge is 0.279 e. The van der Waals surface area contributed by atoms with E-state index in [1.165, 1.54) is 35.6 Å². The maximum Gasteiger partial charge on any atom is 0.279 e. The number of amides is 1. The van der Waals surface area contributed by atoms with Crippen LogP contribution in [0.15, 0.2) is 46.3 Å². The highest BCUT2D eigenvalue weighted by molar-refractivity contribution is 7.90. The van der Waals surface area contributed by atoms with Crippen molar-refractivity contribution in [2.24, 2.45) is 4.99 Å². The molecule has 2 aromatic carbocycles. The summed E-state index contributed by atoms with van der Waals surface area (Å²) >= 11 is 1.30. The first kappa shape index (κ1) is 22.0. The van der Waals surface area contributed by atoms with Crippen LogP contribution in [0.2, 0.25) is 0 Å². The van der Waals surface area contributed by atoms with Crippen molar-refractivity contribution in [2.45, 2.75) is 11.4 Å². The van der Waals surface area contributed by atoms with Crippen molar-refractivity contribution in [3.8, 4) is 11.5 Å². The second-order valence-electron chi connectivity index (χ2n) is 6.39. The average Bonchev–Trinajstić information content (AvgIpc) is 3.08. The molecule has 0 saturated carbocycles. The molecule has 10 heteroatoms. The molecule has 160 valence electrons. The largest absolute Gasteiger partial charge is 0.495 e. The number of carbonyl (C=O) groups excluding carboxylic acids is 1. The van der Waals surface area contributed by atoms with E-state index in [4.69, 9.17) is 14.2 Å². The van der Waals surface area contributed by atoms with Crippen molar-refractivity contribution in [1.82, 2.24) is 4.57 Å². The Morgan fingerprint density at radius 3 is 2.23 bits per heavy atom. The SMILES string of the molecule is COCCn1c(=NC(=O)c2ccc(S(C)(=O)=O)cc2)sc2c(OC)ccc(OC)c21. The predicted octanol–water partition coefficient (Wildman–Crippen LogP) is 2.51. The third kappa shape index (κ3) is 4.40. The summed E-state index contributed by atoms with van der Waals surface area (Å²) in [5, 5.41) is 0. The van der Waals surface area contributed by atoms with Crippen LogP contribution in [0.1, 0.15) is 10.4 Å². The van der Waals surface area contributed by atoms with Gasteiger partial charge in [0.15, 0.2) is 14.6 Å². The molecule has 0 fully saturated rings. The molecule has 8 nitrogen and oxygen atoms in total. The summed E-state index contributed by atoms with van der Waals surface area (Å²) in [5.74, 6) is 0.795. The van der Waals surface area contributed by atoms with E-state index in [-0.39, 0.29) is 10.5 Å². The number of rotatable bonds is 7. The molecule has 30 heavy (non-hydrogen) atoms. The van der Waals surface area contributed by atoms with Crippen LogP contribution in [0.4, 0.5) is 0 Å². The second-order valence-corrected chi connectivity index (χ2v) is 9.38. The zero-order chi connectivity index (χ0) is 21.9. The second kappa shape index (κ2) is 8.99. The molecule has 0 aliphatic carbocycles. The molecule has 0 N–H and O–H groups in total. The summed E-state index contributed by atoms with van der Waals surface area (Å²) in [6.45, 7) is 0.871. The minimum absolute atomic E-state index is 0.144. The Morgan fingerprint density at radius 2 is 1.67 bits per heavy atom. The molecule has 0 unspecified atom stereocenters. The molecule has 0 aliphatic heterocycles. The van der Waals surface area contributed by atoms with Gasteiger partial charge in [-0.15, -0.1) is 0 Å². The van der Waals surface area contributed by atoms with Crippen LogP contribution in [0.5, 0.6) is 11.5 Å². The Kier molecular flexibility index (Phi) is 6.59. The number of benzene rings is 2. The van der Waals surface area contributed by atoms with Gasteiger partial charge >= 0.3 is 0 Å². The quantitative estimate of drug-likeness (QED) is 0.549. The Labute approximate surface area is 178 Å². The standard InChI is InChI=1S/C20H22N2O6S2/c1-26-12-11-22-17-15(27-2)9-10-16(28-3)18(17)29-20(22)21-19(23)13-5-7-14(8-6-13)30(4,24)25/h5-10H,11-12H2,1-4H3. The van der Waals surface area contributed by atoms with Crippen molar-refractivity contribution >= 4 is 37.3 Å². The van der Waals surface area contributed by atoms with Gasteiger partial charge in [-0.05, 0) is 36.4 Å². The van der Waals surface area contributed by atoms with Crippen LogP contribution in [0.3, 0.4) is 0 Å². The van der Waals surface area contributed by atoms with E-state index in [2.05, 4.69) is 4.99 Å². The minimum Gasteiger partial charge on any atom is -0.495 e. The van der Waals surface area contributed by atoms with Crippen LogP contribution < -0.4 is 14.3 Å². The summed E-state index contributed by atoms with van der Waals surface area (Å²) in [6.07, 6.45) is 1.12. The van der Waals surface area contributed by atoms with Crippen molar-refractivity contribution in [3.63, 3.8) is 0 Å². The maximum absolute atomic E-state index is 12.8. The van der Waals surface area contributed by atoms with Gasteiger partial charge in [-0.25, -0.2) is 8.42 Å². The number of methoxy groups -OCH3 is 3. The fourth-order valence-corrected chi connectivity index (χ4v) is 4.72. The van der Waals surface area contributed by atoms with Crippen LogP contribution in [-0.4, -0.2) is 53.1 Å². The number of aromatic nitrogens is 1. The number of fused-ring (bicyclic) bond motifs is 1. The predicted molar refractivity (Wildman–Crippen MR) is 114 cm³/mol. The van der Waals surface area contributed by atoms with E-state index in [9.17, 15) is 13.2 Å². The summed E-state index contributed by atoms with van der Waals surface area (Å²) in [6, 6.07) is 9.30. The van der Waals surface area contributed by atoms with E-state index in [1.54, 1.807) is 33.5 Å². The molecule has 0 atom stereocenters. The number of nitrogens with zero attached hydrogens (tertiary/aromatic N) is 2. The monoisotopic (exact) mass is 450 g/mol. The molecular formula is C20H22N2O6S2. The summed E-state index contributed by atoms with van der Waals surface area (Å²) in [7, 11) is 1.41. The average molecular weight is 451 g/mol. The van der Waals surface area contributed by atoms with Crippen molar-refractivity contribution in [2.75, 3.05) is 34.2 Å². The normalized spacial score (nSPS) is 12.3. The summed E-state index contributed by atoms with van der Waals surface area (Å²) in [4.78, 5) is 17.7. The Balaban J connectivity index is 2.16. The Hall–Kier alpha value is -2.69. The van der Waals surface area contributed by atoms with Gasteiger partial charge in [-0.2, -0.15) is 4.99 Å². The molecular weight excluding hydrogens is 428 g/mol. The van der Waals surface area contributed by atoms with Crippen LogP contribution in [0.25, 0.3) is 10.2 Å². The van der Waals surface area contributed by atoms with Gasteiger partial charge in [-0.3, -0.25) is 4.79 Å². The Bertz CT molecular complexity index is 1240. The van der Waals surface area contributed by atoms with Gasteiger partial charge in [0.25, 0.3) is 5.91 Å². The molecule has 0 bridgehead atoms. The molecule has 0 aliphatic rings. The van der Waals surface area contributed by atoms with Crippen molar-refractivity contribution < 1.29 is 27.4 Å². The first-order valence-electron chi connectivity index (χ1n) is 8.92. The lowest BCUT2D eigenvalue weighted by molar-refractivity contribution is 0.0997. The number of thiazole rings is 1. The highest BCUT2D eigenvalue weighted by Gasteiger charge is 2.17. The topological polar surface area (TPSA) is 96.2 Å². The van der Waals surface area contributed by atoms with E-state index in [0.29, 0.717) is 29.5 Å². The van der Waals surface area contributed by atoms with Gasteiger partial charge in [0, 0.05) is 25.5 Å². The lowest BCUT2D eigenvalue weighted by Crippen LogP contribution is -2.19. The van der Waals surface area contributed by atoms with E-state index < -0.39 is 15.7 Å². The molecule has 1 heterocycles. The van der Waals surface area contributed by atoms with Gasteiger partial charge in [-0.1, -0.05) is 11.3 Å². The molecule has 1 amide bonds. The number of carbonyl (C=O) groups is 1. The number of hydrogen-bond acceptors (Lipinski definition) is 7. The van der Waals surface area contributed by atoms with Crippen LogP contribution in [-0.2, 0) is 21.1 Å².